The van der Waals surface area contributed by atoms with Crippen molar-refractivity contribution in [3.63, 3.8) is 0 Å². The number of esters is 3. The minimum atomic E-state index is -0.762. The third-order valence-electron chi connectivity index (χ3n) is 12.7. The Labute approximate surface area is 387 Å². The first kappa shape index (κ1) is 60.4. The Morgan fingerprint density at radius 2 is 0.532 bits per heavy atom. The topological polar surface area (TPSA) is 78.9 Å². The highest BCUT2D eigenvalue weighted by Gasteiger charge is 2.19. The summed E-state index contributed by atoms with van der Waals surface area (Å²) < 4.78 is 16.8. The first-order chi connectivity index (χ1) is 30.2. The van der Waals surface area contributed by atoms with E-state index in [0.29, 0.717) is 19.3 Å². The molecular formula is C56H108O6. The molecule has 0 aromatic carbocycles. The van der Waals surface area contributed by atoms with Gasteiger partial charge >= 0.3 is 17.9 Å². The number of ether oxygens (including phenoxy) is 3. The molecule has 0 aromatic heterocycles. The largest absolute Gasteiger partial charge is 0.462 e. The SMILES string of the molecule is CCCCCCCCCCCCCCCCCCCCCC(=O)OC[C@@H](COC(=O)CCCCCCCCCCCCC(C)C)OC(=O)CCCCCCCCCCCC(C)C. The zero-order valence-electron chi connectivity index (χ0n) is 42.5. The molecule has 0 spiro atoms. The van der Waals surface area contributed by atoms with Crippen LogP contribution in [0.5, 0.6) is 0 Å². The molecule has 0 aliphatic rings. The molecule has 6 nitrogen and oxygen atoms in total. The molecule has 0 amide bonds. The highest BCUT2D eigenvalue weighted by molar-refractivity contribution is 5.71. The van der Waals surface area contributed by atoms with Gasteiger partial charge in [-0.15, -0.1) is 0 Å². The molecule has 0 heterocycles. The van der Waals surface area contributed by atoms with E-state index in [9.17, 15) is 14.4 Å². The number of unbranched alkanes of at least 4 members (excludes halogenated alkanes) is 35. The molecule has 368 valence electrons. The van der Waals surface area contributed by atoms with Gasteiger partial charge in [0.15, 0.2) is 6.10 Å². The number of carbonyl (C=O) groups excluding carboxylic acids is 3. The second-order valence-electron chi connectivity index (χ2n) is 20.2. The van der Waals surface area contributed by atoms with Gasteiger partial charge in [0.2, 0.25) is 0 Å². The average Bonchev–Trinajstić information content (AvgIpc) is 3.24. The fourth-order valence-electron chi connectivity index (χ4n) is 8.52. The molecule has 0 unspecified atom stereocenters. The fourth-order valence-corrected chi connectivity index (χ4v) is 8.52. The maximum Gasteiger partial charge on any atom is 0.306 e. The number of rotatable bonds is 50. The van der Waals surface area contributed by atoms with Crippen molar-refractivity contribution in [2.75, 3.05) is 13.2 Å². The second-order valence-corrected chi connectivity index (χ2v) is 20.2. The van der Waals surface area contributed by atoms with E-state index >= 15 is 0 Å². The van der Waals surface area contributed by atoms with Crippen molar-refractivity contribution in [3.8, 4) is 0 Å². The van der Waals surface area contributed by atoms with Crippen molar-refractivity contribution in [1.29, 1.82) is 0 Å². The molecule has 0 aromatic rings. The fraction of sp³-hybridized carbons (Fsp3) is 0.946. The van der Waals surface area contributed by atoms with Gasteiger partial charge in [-0.2, -0.15) is 0 Å². The van der Waals surface area contributed by atoms with Gasteiger partial charge in [-0.3, -0.25) is 14.4 Å². The van der Waals surface area contributed by atoms with Crippen LogP contribution in [0.4, 0.5) is 0 Å². The Kier molecular flexibility index (Phi) is 47.6. The number of carbonyl (C=O) groups is 3. The molecule has 1 atom stereocenters. The maximum absolute atomic E-state index is 12.8. The Morgan fingerprint density at radius 1 is 0.306 bits per heavy atom. The van der Waals surface area contributed by atoms with Gasteiger partial charge in [0.05, 0.1) is 0 Å². The lowest BCUT2D eigenvalue weighted by Gasteiger charge is -2.18. The highest BCUT2D eigenvalue weighted by Crippen LogP contribution is 2.18. The standard InChI is InChI=1S/C56H108O6/c1-6-7-8-9-10-11-12-13-14-15-16-17-18-19-20-26-31-36-41-46-54(57)60-49-53(62-56(59)48-43-38-33-28-23-25-30-35-40-45-52(4)5)50-61-55(58)47-42-37-32-27-22-21-24-29-34-39-44-51(2)3/h51-53H,6-50H2,1-5H3/t53-/m0/s1. The molecule has 0 aliphatic carbocycles. The minimum Gasteiger partial charge on any atom is -0.462 e. The molecule has 0 bridgehead atoms. The summed E-state index contributed by atoms with van der Waals surface area (Å²) >= 11 is 0. The van der Waals surface area contributed by atoms with E-state index in [-0.39, 0.29) is 31.1 Å². The van der Waals surface area contributed by atoms with E-state index in [1.54, 1.807) is 0 Å². The summed E-state index contributed by atoms with van der Waals surface area (Å²) in [5, 5.41) is 0. The van der Waals surface area contributed by atoms with Crippen LogP contribution in [0, 0.1) is 11.8 Å². The summed E-state index contributed by atoms with van der Waals surface area (Å²) in [6.45, 7) is 11.4. The van der Waals surface area contributed by atoms with Crippen LogP contribution in [0.3, 0.4) is 0 Å². The number of hydrogen-bond donors (Lipinski definition) is 0. The first-order valence-corrected chi connectivity index (χ1v) is 27.7. The Balaban J connectivity index is 4.25. The predicted octanol–water partition coefficient (Wildman–Crippen LogP) is 18.1. The lowest BCUT2D eigenvalue weighted by Crippen LogP contribution is -2.30. The summed E-state index contributed by atoms with van der Waals surface area (Å²) in [7, 11) is 0. The quantitative estimate of drug-likeness (QED) is 0.0344. The first-order valence-electron chi connectivity index (χ1n) is 27.7. The molecule has 0 saturated carbocycles. The van der Waals surface area contributed by atoms with Gasteiger partial charge in [0.1, 0.15) is 13.2 Å². The lowest BCUT2D eigenvalue weighted by molar-refractivity contribution is -0.167. The molecule has 0 N–H and O–H groups in total. The average molecular weight is 877 g/mol. The van der Waals surface area contributed by atoms with Crippen LogP contribution < -0.4 is 0 Å². The Morgan fingerprint density at radius 3 is 0.790 bits per heavy atom. The number of hydrogen-bond acceptors (Lipinski definition) is 6. The van der Waals surface area contributed by atoms with Crippen LogP contribution in [0.15, 0.2) is 0 Å². The van der Waals surface area contributed by atoms with Crippen LogP contribution in [0.25, 0.3) is 0 Å². The molecule has 0 fully saturated rings. The van der Waals surface area contributed by atoms with Gasteiger partial charge in [-0.05, 0) is 31.1 Å². The van der Waals surface area contributed by atoms with Crippen molar-refractivity contribution in [1.82, 2.24) is 0 Å². The van der Waals surface area contributed by atoms with Crippen molar-refractivity contribution in [3.05, 3.63) is 0 Å². The Hall–Kier alpha value is -1.59. The smallest absolute Gasteiger partial charge is 0.306 e. The van der Waals surface area contributed by atoms with Gasteiger partial charge < -0.3 is 14.2 Å². The second kappa shape index (κ2) is 48.9. The van der Waals surface area contributed by atoms with Gasteiger partial charge in [-0.1, -0.05) is 272 Å². The van der Waals surface area contributed by atoms with Crippen molar-refractivity contribution >= 4 is 17.9 Å². The van der Waals surface area contributed by atoms with Gasteiger partial charge in [-0.25, -0.2) is 0 Å². The summed E-state index contributed by atoms with van der Waals surface area (Å²) in [4.78, 5) is 38.0. The normalized spacial score (nSPS) is 12.0. The predicted molar refractivity (Wildman–Crippen MR) is 266 cm³/mol. The summed E-state index contributed by atoms with van der Waals surface area (Å²) in [6, 6.07) is 0. The van der Waals surface area contributed by atoms with Crippen molar-refractivity contribution < 1.29 is 28.6 Å². The van der Waals surface area contributed by atoms with E-state index in [2.05, 4.69) is 34.6 Å². The molecular weight excluding hydrogens is 769 g/mol. The van der Waals surface area contributed by atoms with Gasteiger partial charge in [0, 0.05) is 19.3 Å². The van der Waals surface area contributed by atoms with Crippen LogP contribution in [0.2, 0.25) is 0 Å². The summed E-state index contributed by atoms with van der Waals surface area (Å²) in [5.74, 6) is 0.778. The third kappa shape index (κ3) is 49.4. The van der Waals surface area contributed by atoms with Crippen LogP contribution in [0.1, 0.15) is 311 Å². The minimum absolute atomic E-state index is 0.0636. The van der Waals surface area contributed by atoms with Crippen molar-refractivity contribution in [2.45, 2.75) is 317 Å². The van der Waals surface area contributed by atoms with E-state index in [4.69, 9.17) is 14.2 Å². The summed E-state index contributed by atoms with van der Waals surface area (Å²) in [6.07, 6.45) is 51.0. The van der Waals surface area contributed by atoms with Crippen LogP contribution in [-0.2, 0) is 28.6 Å². The van der Waals surface area contributed by atoms with Gasteiger partial charge in [0.25, 0.3) is 0 Å². The zero-order valence-corrected chi connectivity index (χ0v) is 42.5. The van der Waals surface area contributed by atoms with E-state index in [1.807, 2.05) is 0 Å². The molecule has 0 rings (SSSR count). The Bertz CT molecular complexity index is 947. The maximum atomic E-state index is 12.8. The third-order valence-corrected chi connectivity index (χ3v) is 12.7. The molecule has 0 saturated heterocycles. The molecule has 62 heavy (non-hydrogen) atoms. The lowest BCUT2D eigenvalue weighted by atomic mass is 10.0. The van der Waals surface area contributed by atoms with Crippen LogP contribution in [-0.4, -0.2) is 37.2 Å². The van der Waals surface area contributed by atoms with E-state index in [1.165, 1.54) is 199 Å². The molecule has 0 aliphatic heterocycles. The zero-order chi connectivity index (χ0) is 45.4. The van der Waals surface area contributed by atoms with Crippen LogP contribution >= 0.6 is 0 Å². The summed E-state index contributed by atoms with van der Waals surface area (Å²) in [5.41, 5.74) is 0. The molecule has 0 radical (unpaired) electrons. The van der Waals surface area contributed by atoms with Crippen molar-refractivity contribution in [2.24, 2.45) is 11.8 Å². The van der Waals surface area contributed by atoms with E-state index < -0.39 is 6.10 Å². The molecule has 6 heteroatoms. The van der Waals surface area contributed by atoms with E-state index in [0.717, 1.165) is 69.6 Å². The monoisotopic (exact) mass is 877 g/mol. The highest BCUT2D eigenvalue weighted by atomic mass is 16.6.